The zero-order chi connectivity index (χ0) is 14.8. The highest BCUT2D eigenvalue weighted by atomic mass is 16.5. The van der Waals surface area contributed by atoms with Crippen molar-refractivity contribution in [3.8, 4) is 0 Å². The van der Waals surface area contributed by atoms with Crippen molar-refractivity contribution in [1.82, 2.24) is 10.2 Å². The first-order valence-electron chi connectivity index (χ1n) is 7.37. The Morgan fingerprint density at radius 2 is 1.76 bits per heavy atom. The number of nitrogens with zero attached hydrogens (tertiary/aromatic N) is 1. The fraction of sp³-hybridized carbons (Fsp3) is 0.562. The molecule has 5 nitrogen and oxygen atoms in total. The highest BCUT2D eigenvalue weighted by Gasteiger charge is 2.38. The largest absolute Gasteiger partial charge is 0.377 e. The summed E-state index contributed by atoms with van der Waals surface area (Å²) in [7, 11) is 3.33. The quantitative estimate of drug-likeness (QED) is 0.884. The number of rotatable bonds is 3. The molecule has 1 saturated heterocycles. The Morgan fingerprint density at radius 1 is 1.14 bits per heavy atom. The molecule has 1 N–H and O–H groups in total. The van der Waals surface area contributed by atoms with Crippen molar-refractivity contribution in [1.29, 1.82) is 0 Å². The molecule has 1 fully saturated rings. The number of carbonyl (C=O) groups excluding carboxylic acids is 1. The second-order valence-electron chi connectivity index (χ2n) is 5.70. The minimum Gasteiger partial charge on any atom is -0.377 e. The molecular formula is C16H22N2O3. The molecule has 0 spiro atoms. The monoisotopic (exact) mass is 290 g/mol. The lowest BCUT2D eigenvalue weighted by molar-refractivity contribution is -0.133. The van der Waals surface area contributed by atoms with Gasteiger partial charge in [-0.1, -0.05) is 24.3 Å². The lowest BCUT2D eigenvalue weighted by Crippen LogP contribution is -2.49. The summed E-state index contributed by atoms with van der Waals surface area (Å²) in [5.74, 6) is 0.145. The molecule has 3 atom stereocenters. The molecule has 1 aromatic rings. The van der Waals surface area contributed by atoms with Crippen LogP contribution in [0.1, 0.15) is 11.1 Å². The number of nitrogens with one attached hydrogen (secondary N) is 1. The fourth-order valence-electron chi connectivity index (χ4n) is 3.23. The SMILES string of the molecule is COC1CN(C(=O)[C@H]2Cc3ccccc3CN2)CC1OC. The molecule has 1 aromatic carbocycles. The molecule has 3 rings (SSSR count). The minimum absolute atomic E-state index is 0.0326. The standard InChI is InChI=1S/C16H22N2O3/c1-20-14-9-18(10-15(14)21-2)16(19)13-7-11-5-3-4-6-12(11)8-17-13/h3-6,13-15,17H,7-10H2,1-2H3/t13-,14?,15?/m1/s1. The van der Waals surface area contributed by atoms with E-state index >= 15 is 0 Å². The molecule has 5 heteroatoms. The summed E-state index contributed by atoms with van der Waals surface area (Å²) in [6.45, 7) is 1.96. The maximum atomic E-state index is 12.7. The molecule has 0 aromatic heterocycles. The summed E-state index contributed by atoms with van der Waals surface area (Å²) in [4.78, 5) is 14.5. The van der Waals surface area contributed by atoms with Crippen LogP contribution in [0.4, 0.5) is 0 Å². The molecule has 114 valence electrons. The van der Waals surface area contributed by atoms with E-state index in [4.69, 9.17) is 9.47 Å². The van der Waals surface area contributed by atoms with E-state index in [2.05, 4.69) is 17.4 Å². The lowest BCUT2D eigenvalue weighted by Gasteiger charge is -2.28. The molecular weight excluding hydrogens is 268 g/mol. The number of likely N-dealkylation sites (tertiary alicyclic amines) is 1. The Labute approximate surface area is 125 Å². The molecule has 2 aliphatic rings. The van der Waals surface area contributed by atoms with Crippen LogP contribution in [0.3, 0.4) is 0 Å². The van der Waals surface area contributed by atoms with E-state index in [1.807, 2.05) is 17.0 Å². The van der Waals surface area contributed by atoms with Gasteiger partial charge in [0.05, 0.1) is 6.04 Å². The van der Waals surface area contributed by atoms with Gasteiger partial charge in [-0.3, -0.25) is 4.79 Å². The van der Waals surface area contributed by atoms with E-state index < -0.39 is 0 Å². The third kappa shape index (κ3) is 2.81. The third-order valence-electron chi connectivity index (χ3n) is 4.51. The van der Waals surface area contributed by atoms with E-state index in [0.717, 1.165) is 13.0 Å². The smallest absolute Gasteiger partial charge is 0.240 e. The number of benzene rings is 1. The summed E-state index contributed by atoms with van der Waals surface area (Å²) >= 11 is 0. The average molecular weight is 290 g/mol. The summed E-state index contributed by atoms with van der Waals surface area (Å²) in [5, 5.41) is 3.34. The Kier molecular flexibility index (Phi) is 4.24. The minimum atomic E-state index is -0.145. The van der Waals surface area contributed by atoms with Crippen molar-refractivity contribution < 1.29 is 14.3 Å². The zero-order valence-electron chi connectivity index (χ0n) is 12.5. The van der Waals surface area contributed by atoms with Crippen LogP contribution in [0, 0.1) is 0 Å². The average Bonchev–Trinajstić information content (AvgIpc) is 2.97. The second kappa shape index (κ2) is 6.13. The van der Waals surface area contributed by atoms with Crippen LogP contribution in [0.25, 0.3) is 0 Å². The number of ether oxygens (including phenoxy) is 2. The molecule has 0 saturated carbocycles. The third-order valence-corrected chi connectivity index (χ3v) is 4.51. The Morgan fingerprint density at radius 3 is 2.38 bits per heavy atom. The van der Waals surface area contributed by atoms with Gasteiger partial charge < -0.3 is 19.7 Å². The van der Waals surface area contributed by atoms with Gasteiger partial charge in [0.25, 0.3) is 0 Å². The first-order chi connectivity index (χ1) is 10.2. The topological polar surface area (TPSA) is 50.8 Å². The number of hydrogen-bond donors (Lipinski definition) is 1. The first-order valence-corrected chi connectivity index (χ1v) is 7.37. The maximum absolute atomic E-state index is 12.7. The second-order valence-corrected chi connectivity index (χ2v) is 5.70. The van der Waals surface area contributed by atoms with Crippen molar-refractivity contribution in [3.63, 3.8) is 0 Å². The molecule has 21 heavy (non-hydrogen) atoms. The molecule has 0 radical (unpaired) electrons. The fourth-order valence-corrected chi connectivity index (χ4v) is 3.23. The van der Waals surface area contributed by atoms with Crippen molar-refractivity contribution in [2.24, 2.45) is 0 Å². The van der Waals surface area contributed by atoms with Crippen molar-refractivity contribution in [2.75, 3.05) is 27.3 Å². The van der Waals surface area contributed by atoms with Gasteiger partial charge in [-0.15, -0.1) is 0 Å². The van der Waals surface area contributed by atoms with Gasteiger partial charge in [0, 0.05) is 33.9 Å². The summed E-state index contributed by atoms with van der Waals surface area (Å²) < 4.78 is 10.8. The number of carbonyl (C=O) groups is 1. The molecule has 2 unspecified atom stereocenters. The van der Waals surface area contributed by atoms with Crippen LogP contribution in [0.2, 0.25) is 0 Å². The van der Waals surface area contributed by atoms with E-state index in [-0.39, 0.29) is 24.2 Å². The highest BCUT2D eigenvalue weighted by Crippen LogP contribution is 2.21. The van der Waals surface area contributed by atoms with Crippen LogP contribution < -0.4 is 5.32 Å². The van der Waals surface area contributed by atoms with E-state index in [1.54, 1.807) is 14.2 Å². The lowest BCUT2D eigenvalue weighted by atomic mass is 9.95. The zero-order valence-corrected chi connectivity index (χ0v) is 12.5. The van der Waals surface area contributed by atoms with Crippen LogP contribution in [0.15, 0.2) is 24.3 Å². The summed E-state index contributed by atoms with van der Waals surface area (Å²) in [5.41, 5.74) is 2.55. The van der Waals surface area contributed by atoms with Gasteiger partial charge in [0.1, 0.15) is 12.2 Å². The molecule has 1 amide bonds. The normalized spacial score (nSPS) is 28.5. The predicted octanol–water partition coefficient (Wildman–Crippen LogP) is 0.573. The van der Waals surface area contributed by atoms with Gasteiger partial charge >= 0.3 is 0 Å². The highest BCUT2D eigenvalue weighted by molar-refractivity contribution is 5.83. The number of hydrogen-bond acceptors (Lipinski definition) is 4. The number of methoxy groups -OCH3 is 2. The first kappa shape index (κ1) is 14.5. The Balaban J connectivity index is 1.67. The van der Waals surface area contributed by atoms with Crippen molar-refractivity contribution in [3.05, 3.63) is 35.4 Å². The Bertz CT molecular complexity index is 508. The van der Waals surface area contributed by atoms with E-state index in [1.165, 1.54) is 11.1 Å². The van der Waals surface area contributed by atoms with E-state index in [9.17, 15) is 4.79 Å². The number of fused-ring (bicyclic) bond motifs is 1. The van der Waals surface area contributed by atoms with Gasteiger partial charge in [-0.05, 0) is 17.5 Å². The molecule has 0 bridgehead atoms. The van der Waals surface area contributed by atoms with E-state index in [0.29, 0.717) is 13.1 Å². The van der Waals surface area contributed by atoms with Gasteiger partial charge in [0.2, 0.25) is 5.91 Å². The predicted molar refractivity (Wildman–Crippen MR) is 78.9 cm³/mol. The maximum Gasteiger partial charge on any atom is 0.240 e. The van der Waals surface area contributed by atoms with Gasteiger partial charge in [-0.25, -0.2) is 0 Å². The van der Waals surface area contributed by atoms with Crippen LogP contribution in [0.5, 0.6) is 0 Å². The van der Waals surface area contributed by atoms with Crippen LogP contribution in [-0.4, -0.2) is 56.4 Å². The molecule has 0 aliphatic carbocycles. The van der Waals surface area contributed by atoms with Gasteiger partial charge in [0.15, 0.2) is 0 Å². The van der Waals surface area contributed by atoms with Crippen LogP contribution >= 0.6 is 0 Å². The van der Waals surface area contributed by atoms with Gasteiger partial charge in [-0.2, -0.15) is 0 Å². The van der Waals surface area contributed by atoms with Crippen molar-refractivity contribution >= 4 is 5.91 Å². The summed E-state index contributed by atoms with van der Waals surface area (Å²) in [6, 6.07) is 8.14. The Hall–Kier alpha value is -1.43. The van der Waals surface area contributed by atoms with Crippen molar-refractivity contribution in [2.45, 2.75) is 31.2 Å². The molecule has 2 heterocycles. The van der Waals surface area contributed by atoms with Crippen LogP contribution in [-0.2, 0) is 27.2 Å². The molecule has 2 aliphatic heterocycles. The summed E-state index contributed by atoms with van der Waals surface area (Å²) in [6.07, 6.45) is 0.686. The number of amides is 1.